The molecular formula is C21H25ClN2O3S. The number of nitrogens with zero attached hydrogens (tertiary/aromatic N) is 1. The lowest BCUT2D eigenvalue weighted by Gasteiger charge is -2.32. The van der Waals surface area contributed by atoms with E-state index in [1.54, 1.807) is 12.1 Å². The number of hydrogen-bond donors (Lipinski definition) is 1. The highest BCUT2D eigenvalue weighted by atomic mass is 35.5. The third-order valence-electron chi connectivity index (χ3n) is 5.14. The third kappa shape index (κ3) is 4.74. The predicted molar refractivity (Wildman–Crippen MR) is 111 cm³/mol. The van der Waals surface area contributed by atoms with Crippen molar-refractivity contribution in [3.05, 3.63) is 64.7 Å². The smallest absolute Gasteiger partial charge is 0.243 e. The summed E-state index contributed by atoms with van der Waals surface area (Å²) in [4.78, 5) is 13.0. The second kappa shape index (κ2) is 8.64. The number of hydrogen-bond acceptors (Lipinski definition) is 3. The molecule has 0 aromatic heterocycles. The van der Waals surface area contributed by atoms with Crippen LogP contribution in [0.15, 0.2) is 53.4 Å². The van der Waals surface area contributed by atoms with Gasteiger partial charge in [-0.3, -0.25) is 4.79 Å². The fourth-order valence-electron chi connectivity index (χ4n) is 3.40. The van der Waals surface area contributed by atoms with Crippen molar-refractivity contribution in [1.82, 2.24) is 9.62 Å². The molecule has 0 spiro atoms. The zero-order chi connectivity index (χ0) is 20.3. The van der Waals surface area contributed by atoms with E-state index in [0.29, 0.717) is 24.4 Å². The minimum absolute atomic E-state index is 0.107. The number of piperidine rings is 1. The molecule has 150 valence electrons. The number of aryl methyl sites for hydroxylation is 1. The van der Waals surface area contributed by atoms with Gasteiger partial charge in [-0.2, -0.15) is 4.31 Å². The molecular weight excluding hydrogens is 396 g/mol. The van der Waals surface area contributed by atoms with Crippen LogP contribution in [-0.2, 0) is 14.8 Å². The van der Waals surface area contributed by atoms with Crippen LogP contribution in [0.4, 0.5) is 0 Å². The Labute approximate surface area is 171 Å². The van der Waals surface area contributed by atoms with Crippen LogP contribution in [0, 0.1) is 12.8 Å². The molecule has 0 bridgehead atoms. The van der Waals surface area contributed by atoms with Crippen molar-refractivity contribution in [2.45, 2.75) is 37.6 Å². The van der Waals surface area contributed by atoms with E-state index in [4.69, 9.17) is 11.6 Å². The van der Waals surface area contributed by atoms with Gasteiger partial charge in [0.2, 0.25) is 15.9 Å². The zero-order valence-corrected chi connectivity index (χ0v) is 17.6. The molecule has 1 saturated heterocycles. The standard InChI is InChI=1S/C21H25ClN2O3S/c1-15-5-7-17(8-6-15)16(2)23-21(25)18-4-3-13-24(14-18)28(26,27)20-11-9-19(22)10-12-20/h5-12,16,18H,3-4,13-14H2,1-2H3,(H,23,25)/t16-,18+/m1/s1. The Morgan fingerprint density at radius 2 is 1.79 bits per heavy atom. The Bertz CT molecular complexity index is 927. The minimum Gasteiger partial charge on any atom is -0.349 e. The van der Waals surface area contributed by atoms with Crippen molar-refractivity contribution in [1.29, 1.82) is 0 Å². The molecule has 1 N–H and O–H groups in total. The summed E-state index contributed by atoms with van der Waals surface area (Å²) in [6.45, 7) is 4.57. The first-order chi connectivity index (χ1) is 13.3. The highest BCUT2D eigenvalue weighted by Crippen LogP contribution is 2.25. The zero-order valence-electron chi connectivity index (χ0n) is 16.1. The molecule has 2 atom stereocenters. The molecule has 0 aliphatic carbocycles. The van der Waals surface area contributed by atoms with E-state index in [-0.39, 0.29) is 29.3 Å². The molecule has 0 saturated carbocycles. The molecule has 0 radical (unpaired) electrons. The van der Waals surface area contributed by atoms with Crippen LogP contribution >= 0.6 is 11.6 Å². The molecule has 1 amide bonds. The largest absolute Gasteiger partial charge is 0.349 e. The van der Waals surface area contributed by atoms with Crippen LogP contribution in [0.2, 0.25) is 5.02 Å². The molecule has 3 rings (SSSR count). The summed E-state index contributed by atoms with van der Waals surface area (Å²) in [7, 11) is -3.64. The van der Waals surface area contributed by atoms with Gasteiger partial charge in [0.05, 0.1) is 16.9 Å². The van der Waals surface area contributed by atoms with Crippen molar-refractivity contribution in [3.8, 4) is 0 Å². The van der Waals surface area contributed by atoms with Gasteiger partial charge in [0.15, 0.2) is 0 Å². The van der Waals surface area contributed by atoms with Crippen molar-refractivity contribution in [2.24, 2.45) is 5.92 Å². The van der Waals surface area contributed by atoms with Gasteiger partial charge in [-0.05, 0) is 56.5 Å². The number of nitrogens with one attached hydrogen (secondary N) is 1. The van der Waals surface area contributed by atoms with Crippen LogP contribution < -0.4 is 5.32 Å². The molecule has 1 aliphatic rings. The number of carbonyl (C=O) groups is 1. The van der Waals surface area contributed by atoms with Crippen LogP contribution in [0.25, 0.3) is 0 Å². The lowest BCUT2D eigenvalue weighted by Crippen LogP contribution is -2.45. The average molecular weight is 421 g/mol. The van der Waals surface area contributed by atoms with Gasteiger partial charge in [-0.15, -0.1) is 0 Å². The monoisotopic (exact) mass is 420 g/mol. The molecule has 2 aromatic rings. The quantitative estimate of drug-likeness (QED) is 0.796. The topological polar surface area (TPSA) is 66.5 Å². The first-order valence-electron chi connectivity index (χ1n) is 9.40. The molecule has 2 aromatic carbocycles. The summed E-state index contributed by atoms with van der Waals surface area (Å²) in [6.07, 6.45) is 1.34. The van der Waals surface area contributed by atoms with Crippen molar-refractivity contribution in [3.63, 3.8) is 0 Å². The summed E-state index contributed by atoms with van der Waals surface area (Å²) in [5.74, 6) is -0.465. The second-order valence-corrected chi connectivity index (χ2v) is 9.67. The van der Waals surface area contributed by atoms with Gasteiger partial charge < -0.3 is 5.32 Å². The van der Waals surface area contributed by atoms with Crippen LogP contribution in [0.1, 0.15) is 36.9 Å². The van der Waals surface area contributed by atoms with Crippen LogP contribution in [0.3, 0.4) is 0 Å². The molecule has 1 heterocycles. The number of halogens is 1. The summed E-state index contributed by atoms with van der Waals surface area (Å²) in [5, 5.41) is 3.51. The van der Waals surface area contributed by atoms with E-state index >= 15 is 0 Å². The van der Waals surface area contributed by atoms with Crippen molar-refractivity contribution in [2.75, 3.05) is 13.1 Å². The lowest BCUT2D eigenvalue weighted by molar-refractivity contribution is -0.126. The van der Waals surface area contributed by atoms with Gasteiger partial charge >= 0.3 is 0 Å². The molecule has 1 fully saturated rings. The Balaban J connectivity index is 1.67. The second-order valence-electron chi connectivity index (χ2n) is 7.30. The Hall–Kier alpha value is -1.89. The highest BCUT2D eigenvalue weighted by Gasteiger charge is 2.33. The lowest BCUT2D eigenvalue weighted by atomic mass is 9.97. The van der Waals surface area contributed by atoms with Gasteiger partial charge in [0.25, 0.3) is 0 Å². The number of benzene rings is 2. The first-order valence-corrected chi connectivity index (χ1v) is 11.2. The average Bonchev–Trinajstić information content (AvgIpc) is 2.69. The number of sulfonamides is 1. The van der Waals surface area contributed by atoms with Gasteiger partial charge in [0, 0.05) is 18.1 Å². The van der Waals surface area contributed by atoms with Gasteiger partial charge in [0.1, 0.15) is 0 Å². The van der Waals surface area contributed by atoms with E-state index in [9.17, 15) is 13.2 Å². The maximum absolute atomic E-state index is 12.9. The molecule has 28 heavy (non-hydrogen) atoms. The highest BCUT2D eigenvalue weighted by molar-refractivity contribution is 7.89. The van der Waals surface area contributed by atoms with Crippen LogP contribution in [-0.4, -0.2) is 31.7 Å². The summed E-state index contributed by atoms with van der Waals surface area (Å²) < 4.78 is 27.2. The van der Waals surface area contributed by atoms with Gasteiger partial charge in [-0.1, -0.05) is 41.4 Å². The van der Waals surface area contributed by atoms with E-state index < -0.39 is 10.0 Å². The fourth-order valence-corrected chi connectivity index (χ4v) is 5.05. The number of amides is 1. The van der Waals surface area contributed by atoms with Crippen LogP contribution in [0.5, 0.6) is 0 Å². The number of carbonyl (C=O) groups excluding carboxylic acids is 1. The normalized spacial score (nSPS) is 19.2. The van der Waals surface area contributed by atoms with Crippen molar-refractivity contribution < 1.29 is 13.2 Å². The van der Waals surface area contributed by atoms with E-state index in [2.05, 4.69) is 5.32 Å². The molecule has 1 aliphatic heterocycles. The summed E-state index contributed by atoms with van der Waals surface area (Å²) in [6, 6.07) is 14.0. The SMILES string of the molecule is Cc1ccc([C@@H](C)NC(=O)[C@H]2CCCN(S(=O)(=O)c3ccc(Cl)cc3)C2)cc1. The molecule has 7 heteroatoms. The van der Waals surface area contributed by atoms with E-state index in [0.717, 1.165) is 11.1 Å². The van der Waals surface area contributed by atoms with Crippen molar-refractivity contribution >= 4 is 27.5 Å². The maximum atomic E-state index is 12.9. The summed E-state index contributed by atoms with van der Waals surface area (Å²) >= 11 is 5.86. The Morgan fingerprint density at radius 1 is 1.14 bits per heavy atom. The minimum atomic E-state index is -3.64. The summed E-state index contributed by atoms with van der Waals surface area (Å²) in [5.41, 5.74) is 2.19. The van der Waals surface area contributed by atoms with Gasteiger partial charge in [-0.25, -0.2) is 8.42 Å². The van der Waals surface area contributed by atoms with E-state index in [1.165, 1.54) is 16.4 Å². The predicted octanol–water partition coefficient (Wildman–Crippen LogP) is 3.93. The third-order valence-corrected chi connectivity index (χ3v) is 7.27. The first kappa shape index (κ1) is 20.8. The molecule has 5 nitrogen and oxygen atoms in total. The Kier molecular flexibility index (Phi) is 6.43. The maximum Gasteiger partial charge on any atom is 0.243 e. The van der Waals surface area contributed by atoms with E-state index in [1.807, 2.05) is 38.1 Å². The fraction of sp³-hybridized carbons (Fsp3) is 0.381. The Morgan fingerprint density at radius 3 is 2.43 bits per heavy atom. The molecule has 0 unspecified atom stereocenters. The number of rotatable bonds is 5.